The van der Waals surface area contributed by atoms with E-state index in [0.717, 1.165) is 19.3 Å². The van der Waals surface area contributed by atoms with Gasteiger partial charge in [-0.3, -0.25) is 0 Å². The number of rotatable bonds is 0. The van der Waals surface area contributed by atoms with Crippen LogP contribution in [0.2, 0.25) is 0 Å². The van der Waals surface area contributed by atoms with Crippen molar-refractivity contribution in [1.29, 1.82) is 0 Å². The number of hydrogen-bond donors (Lipinski definition) is 0. The molecule has 0 fully saturated rings. The molecule has 3 aliphatic rings. The number of benzene rings is 1. The average molecular weight is 192 g/mol. The van der Waals surface area contributed by atoms with E-state index in [2.05, 4.69) is 36.5 Å². The van der Waals surface area contributed by atoms with Gasteiger partial charge in [0.2, 0.25) is 0 Å². The topological polar surface area (TPSA) is 0 Å². The number of allylic oxidation sites excluding steroid dienone is 3. The Morgan fingerprint density at radius 2 is 0.867 bits per heavy atom. The first-order valence-corrected chi connectivity index (χ1v) is 5.65. The Balaban J connectivity index is 2.16. The summed E-state index contributed by atoms with van der Waals surface area (Å²) in [6.45, 7) is 0. The molecule has 0 aromatic heterocycles. The SMILES string of the molecule is C1=Cc2c3c(c4c(c2C1)C=CC4)C=CC3. The van der Waals surface area contributed by atoms with E-state index in [0.29, 0.717) is 0 Å². The van der Waals surface area contributed by atoms with Crippen LogP contribution in [-0.4, -0.2) is 0 Å². The molecule has 0 radical (unpaired) electrons. The largest absolute Gasteiger partial charge is 0.0795 e. The van der Waals surface area contributed by atoms with Gasteiger partial charge >= 0.3 is 0 Å². The molecule has 0 unspecified atom stereocenters. The minimum Gasteiger partial charge on any atom is -0.0795 e. The van der Waals surface area contributed by atoms with Crippen molar-refractivity contribution >= 4 is 18.2 Å². The minimum atomic E-state index is 1.13. The summed E-state index contributed by atoms with van der Waals surface area (Å²) < 4.78 is 0. The van der Waals surface area contributed by atoms with E-state index in [-0.39, 0.29) is 0 Å². The molecule has 4 rings (SSSR count). The maximum atomic E-state index is 2.31. The molecule has 3 aliphatic carbocycles. The standard InChI is InChI=1S/C15H12/c1-4-10-11(5-1)13-7-3-9-15(13)14-8-2-6-12(10)14/h1-4,7-8H,5-6,9H2. The second-order valence-electron chi connectivity index (χ2n) is 4.50. The van der Waals surface area contributed by atoms with Gasteiger partial charge in [0.25, 0.3) is 0 Å². The van der Waals surface area contributed by atoms with E-state index in [4.69, 9.17) is 0 Å². The summed E-state index contributed by atoms with van der Waals surface area (Å²) in [6, 6.07) is 0. The van der Waals surface area contributed by atoms with Crippen LogP contribution in [0.1, 0.15) is 33.4 Å². The molecule has 1 aromatic rings. The van der Waals surface area contributed by atoms with Crippen LogP contribution in [0.15, 0.2) is 18.2 Å². The number of hydrogen-bond acceptors (Lipinski definition) is 0. The maximum Gasteiger partial charge on any atom is -0.00820 e. The lowest BCUT2D eigenvalue weighted by atomic mass is 9.90. The summed E-state index contributed by atoms with van der Waals surface area (Å²) >= 11 is 0. The number of fused-ring (bicyclic) bond motifs is 6. The lowest BCUT2D eigenvalue weighted by Crippen LogP contribution is -1.99. The molecule has 0 nitrogen and oxygen atoms in total. The van der Waals surface area contributed by atoms with Crippen LogP contribution in [-0.2, 0) is 19.3 Å². The molecule has 0 atom stereocenters. The molecule has 0 aliphatic heterocycles. The Hall–Kier alpha value is -1.56. The fourth-order valence-corrected chi connectivity index (χ4v) is 3.13. The van der Waals surface area contributed by atoms with E-state index in [9.17, 15) is 0 Å². The molecule has 0 heteroatoms. The highest BCUT2D eigenvalue weighted by atomic mass is 14.3. The zero-order valence-electron chi connectivity index (χ0n) is 8.59. The highest BCUT2D eigenvalue weighted by molar-refractivity contribution is 5.82. The average Bonchev–Trinajstić information content (AvgIpc) is 2.97. The summed E-state index contributed by atoms with van der Waals surface area (Å²) in [5.41, 5.74) is 9.25. The molecule has 0 amide bonds. The Labute approximate surface area is 89.6 Å². The maximum absolute atomic E-state index is 2.31. The van der Waals surface area contributed by atoms with E-state index >= 15 is 0 Å². The Bertz CT molecular complexity index is 452. The molecule has 0 saturated heterocycles. The smallest absolute Gasteiger partial charge is 0.00820 e. The Morgan fingerprint density at radius 1 is 0.533 bits per heavy atom. The third-order valence-electron chi connectivity index (χ3n) is 3.77. The van der Waals surface area contributed by atoms with Crippen LogP contribution >= 0.6 is 0 Å². The van der Waals surface area contributed by atoms with Crippen molar-refractivity contribution in [1.82, 2.24) is 0 Å². The van der Waals surface area contributed by atoms with Gasteiger partial charge in [-0.05, 0) is 52.6 Å². The van der Waals surface area contributed by atoms with Crippen LogP contribution in [0.4, 0.5) is 0 Å². The summed E-state index contributed by atoms with van der Waals surface area (Å²) in [5.74, 6) is 0. The van der Waals surface area contributed by atoms with E-state index < -0.39 is 0 Å². The van der Waals surface area contributed by atoms with Gasteiger partial charge in [0, 0.05) is 0 Å². The van der Waals surface area contributed by atoms with Crippen molar-refractivity contribution in [3.05, 3.63) is 51.6 Å². The van der Waals surface area contributed by atoms with Gasteiger partial charge in [-0.1, -0.05) is 36.5 Å². The van der Waals surface area contributed by atoms with Crippen LogP contribution < -0.4 is 0 Å². The summed E-state index contributed by atoms with van der Waals surface area (Å²) in [7, 11) is 0. The fraction of sp³-hybridized carbons (Fsp3) is 0.200. The van der Waals surface area contributed by atoms with E-state index in [1.807, 2.05) is 0 Å². The van der Waals surface area contributed by atoms with Gasteiger partial charge < -0.3 is 0 Å². The monoisotopic (exact) mass is 192 g/mol. The highest BCUT2D eigenvalue weighted by Gasteiger charge is 2.24. The normalized spacial score (nSPS) is 18.4. The molecule has 0 heterocycles. The van der Waals surface area contributed by atoms with Gasteiger partial charge in [0.15, 0.2) is 0 Å². The minimum absolute atomic E-state index is 1.13. The molecule has 0 bridgehead atoms. The molecule has 15 heavy (non-hydrogen) atoms. The van der Waals surface area contributed by atoms with E-state index in [1.165, 1.54) is 16.7 Å². The van der Waals surface area contributed by atoms with Crippen LogP contribution in [0, 0.1) is 0 Å². The van der Waals surface area contributed by atoms with Crippen LogP contribution in [0.3, 0.4) is 0 Å². The predicted molar refractivity (Wildman–Crippen MR) is 64.7 cm³/mol. The molecule has 0 spiro atoms. The van der Waals surface area contributed by atoms with Crippen LogP contribution in [0.25, 0.3) is 18.2 Å². The quantitative estimate of drug-likeness (QED) is 0.591. The summed E-state index contributed by atoms with van der Waals surface area (Å²) in [6.07, 6.45) is 17.2. The Kier molecular flexibility index (Phi) is 1.29. The highest BCUT2D eigenvalue weighted by Crippen LogP contribution is 2.40. The van der Waals surface area contributed by atoms with Crippen LogP contribution in [0.5, 0.6) is 0 Å². The van der Waals surface area contributed by atoms with Crippen molar-refractivity contribution in [2.45, 2.75) is 19.3 Å². The van der Waals surface area contributed by atoms with E-state index in [1.54, 1.807) is 16.7 Å². The molecule has 1 aromatic carbocycles. The second kappa shape index (κ2) is 2.52. The zero-order valence-corrected chi connectivity index (χ0v) is 8.59. The second-order valence-corrected chi connectivity index (χ2v) is 4.50. The predicted octanol–water partition coefficient (Wildman–Crippen LogP) is 3.39. The zero-order chi connectivity index (χ0) is 9.83. The Morgan fingerprint density at radius 3 is 1.20 bits per heavy atom. The van der Waals surface area contributed by atoms with Gasteiger partial charge in [-0.25, -0.2) is 0 Å². The van der Waals surface area contributed by atoms with Gasteiger partial charge in [0.05, 0.1) is 0 Å². The molecule has 0 N–H and O–H groups in total. The molecular weight excluding hydrogens is 180 g/mol. The third-order valence-corrected chi connectivity index (χ3v) is 3.77. The first kappa shape index (κ1) is 7.70. The van der Waals surface area contributed by atoms with Gasteiger partial charge in [-0.15, -0.1) is 0 Å². The lowest BCUT2D eigenvalue weighted by Gasteiger charge is -2.14. The lowest BCUT2D eigenvalue weighted by molar-refractivity contribution is 1.18. The van der Waals surface area contributed by atoms with Crippen molar-refractivity contribution in [2.24, 2.45) is 0 Å². The molecule has 0 saturated carbocycles. The fourth-order valence-electron chi connectivity index (χ4n) is 3.13. The molecule has 72 valence electrons. The van der Waals surface area contributed by atoms with Crippen molar-refractivity contribution in [3.63, 3.8) is 0 Å². The third kappa shape index (κ3) is 0.829. The van der Waals surface area contributed by atoms with Crippen molar-refractivity contribution in [3.8, 4) is 0 Å². The first-order valence-electron chi connectivity index (χ1n) is 5.65. The van der Waals surface area contributed by atoms with Gasteiger partial charge in [-0.2, -0.15) is 0 Å². The van der Waals surface area contributed by atoms with Crippen molar-refractivity contribution < 1.29 is 0 Å². The molecular formula is C15H12. The van der Waals surface area contributed by atoms with Gasteiger partial charge in [0.1, 0.15) is 0 Å². The first-order chi connectivity index (χ1) is 7.45. The summed E-state index contributed by atoms with van der Waals surface area (Å²) in [5, 5.41) is 0. The van der Waals surface area contributed by atoms with Crippen molar-refractivity contribution in [2.75, 3.05) is 0 Å². The summed E-state index contributed by atoms with van der Waals surface area (Å²) in [4.78, 5) is 0.